The van der Waals surface area contributed by atoms with Crippen LogP contribution in [0.1, 0.15) is 33.4 Å². The van der Waals surface area contributed by atoms with Gasteiger partial charge in [0, 0.05) is 17.1 Å². The highest BCUT2D eigenvalue weighted by Gasteiger charge is 2.12. The van der Waals surface area contributed by atoms with Crippen molar-refractivity contribution in [1.29, 1.82) is 0 Å². The Morgan fingerprint density at radius 1 is 0.410 bits per heavy atom. The summed E-state index contributed by atoms with van der Waals surface area (Å²) in [5.41, 5.74) is 10.5. The van der Waals surface area contributed by atoms with Gasteiger partial charge in [-0.15, -0.1) is 0 Å². The van der Waals surface area contributed by atoms with E-state index >= 15 is 0 Å². The Balaban J connectivity index is 1.39. The Kier molecular flexibility index (Phi) is 8.04. The van der Waals surface area contributed by atoms with Crippen molar-refractivity contribution in [1.82, 2.24) is 0 Å². The molecule has 0 N–H and O–H groups in total. The van der Waals surface area contributed by atoms with Gasteiger partial charge in [-0.3, -0.25) is 0 Å². The maximum atomic E-state index is 5.26. The fourth-order valence-electron chi connectivity index (χ4n) is 4.39. The first-order chi connectivity index (χ1) is 19.1. The standard InChI is InChI=1S/C37H33NO/c1-28-4-8-30(9-5-28)10-11-31-14-22-35(23-15-31)38(34-20-6-29(2)7-21-34)36-24-16-32(17-25-36)12-13-33-18-26-37(39-3)27-19-33/h4-27H,1-3H3. The summed E-state index contributed by atoms with van der Waals surface area (Å²) in [7, 11) is 1.68. The van der Waals surface area contributed by atoms with Gasteiger partial charge >= 0.3 is 0 Å². The summed E-state index contributed by atoms with van der Waals surface area (Å²) >= 11 is 0. The van der Waals surface area contributed by atoms with Crippen LogP contribution in [0.3, 0.4) is 0 Å². The summed E-state index contributed by atoms with van der Waals surface area (Å²) in [5, 5.41) is 0. The lowest BCUT2D eigenvalue weighted by Gasteiger charge is -2.26. The van der Waals surface area contributed by atoms with Gasteiger partial charge in [0.25, 0.3) is 0 Å². The number of hydrogen-bond acceptors (Lipinski definition) is 2. The van der Waals surface area contributed by atoms with E-state index in [1.54, 1.807) is 7.11 Å². The molecule has 0 heterocycles. The minimum Gasteiger partial charge on any atom is -0.497 e. The molecule has 0 unspecified atom stereocenters. The third-order valence-corrected chi connectivity index (χ3v) is 6.72. The van der Waals surface area contributed by atoms with E-state index in [0.29, 0.717) is 0 Å². The van der Waals surface area contributed by atoms with Gasteiger partial charge in [0.1, 0.15) is 5.75 Å². The SMILES string of the molecule is COc1ccc(C=Cc2ccc(N(c3ccc(C)cc3)c3ccc(C=Cc4ccc(C)cc4)cc3)cc2)cc1. The molecule has 0 bridgehead atoms. The number of methoxy groups -OCH3 is 1. The number of anilines is 3. The van der Waals surface area contributed by atoms with Crippen molar-refractivity contribution in [3.8, 4) is 5.75 Å². The molecule has 2 nitrogen and oxygen atoms in total. The molecule has 0 aliphatic carbocycles. The smallest absolute Gasteiger partial charge is 0.118 e. The van der Waals surface area contributed by atoms with E-state index in [1.807, 2.05) is 12.1 Å². The van der Waals surface area contributed by atoms with Crippen molar-refractivity contribution in [2.45, 2.75) is 13.8 Å². The van der Waals surface area contributed by atoms with Crippen LogP contribution in [0.4, 0.5) is 17.1 Å². The minimum atomic E-state index is 0.864. The Hall–Kier alpha value is -4.82. The van der Waals surface area contributed by atoms with Crippen LogP contribution in [0.15, 0.2) is 121 Å². The molecule has 0 radical (unpaired) electrons. The van der Waals surface area contributed by atoms with Gasteiger partial charge in [0.05, 0.1) is 7.11 Å². The Labute approximate surface area is 232 Å². The molecule has 0 aliphatic heterocycles. The fraction of sp³-hybridized carbons (Fsp3) is 0.0811. The zero-order chi connectivity index (χ0) is 27.0. The number of rotatable bonds is 8. The van der Waals surface area contributed by atoms with E-state index in [2.05, 4.69) is 152 Å². The average Bonchev–Trinajstić information content (AvgIpc) is 2.98. The molecule has 39 heavy (non-hydrogen) atoms. The van der Waals surface area contributed by atoms with E-state index < -0.39 is 0 Å². The van der Waals surface area contributed by atoms with Gasteiger partial charge in [-0.1, -0.05) is 108 Å². The molecule has 5 aromatic carbocycles. The fourth-order valence-corrected chi connectivity index (χ4v) is 4.39. The summed E-state index contributed by atoms with van der Waals surface area (Å²) in [4.78, 5) is 2.30. The van der Waals surface area contributed by atoms with Crippen LogP contribution in [0.25, 0.3) is 24.3 Å². The zero-order valence-electron chi connectivity index (χ0n) is 22.7. The molecular formula is C37H33NO. The second-order valence-corrected chi connectivity index (χ2v) is 9.70. The highest BCUT2D eigenvalue weighted by atomic mass is 16.5. The van der Waals surface area contributed by atoms with E-state index in [9.17, 15) is 0 Å². The Morgan fingerprint density at radius 3 is 1.05 bits per heavy atom. The monoisotopic (exact) mass is 507 g/mol. The van der Waals surface area contributed by atoms with Gasteiger partial charge in [-0.25, -0.2) is 0 Å². The van der Waals surface area contributed by atoms with Crippen LogP contribution in [0.2, 0.25) is 0 Å². The lowest BCUT2D eigenvalue weighted by atomic mass is 10.1. The molecule has 0 saturated heterocycles. The third kappa shape index (κ3) is 6.74. The molecule has 5 rings (SSSR count). The topological polar surface area (TPSA) is 12.5 Å². The number of ether oxygens (including phenoxy) is 1. The molecule has 0 saturated carbocycles. The first kappa shape index (κ1) is 25.8. The zero-order valence-corrected chi connectivity index (χ0v) is 22.7. The van der Waals surface area contributed by atoms with Gasteiger partial charge in [0.15, 0.2) is 0 Å². The normalized spacial score (nSPS) is 11.3. The molecule has 0 aromatic heterocycles. The number of aryl methyl sites for hydroxylation is 2. The highest BCUT2D eigenvalue weighted by molar-refractivity contribution is 5.79. The van der Waals surface area contributed by atoms with Gasteiger partial charge < -0.3 is 9.64 Å². The number of hydrogen-bond donors (Lipinski definition) is 0. The summed E-state index contributed by atoms with van der Waals surface area (Å²) in [6.45, 7) is 4.23. The van der Waals surface area contributed by atoms with Gasteiger partial charge in [-0.2, -0.15) is 0 Å². The van der Waals surface area contributed by atoms with Crippen molar-refractivity contribution < 1.29 is 4.74 Å². The second-order valence-electron chi connectivity index (χ2n) is 9.70. The first-order valence-corrected chi connectivity index (χ1v) is 13.2. The third-order valence-electron chi connectivity index (χ3n) is 6.72. The number of nitrogens with zero attached hydrogens (tertiary/aromatic N) is 1. The van der Waals surface area contributed by atoms with Crippen molar-refractivity contribution in [3.63, 3.8) is 0 Å². The predicted molar refractivity (Wildman–Crippen MR) is 168 cm³/mol. The molecule has 0 aliphatic rings. The molecule has 0 fully saturated rings. The lowest BCUT2D eigenvalue weighted by molar-refractivity contribution is 0.415. The van der Waals surface area contributed by atoms with Gasteiger partial charge in [-0.05, 0) is 84.6 Å². The maximum Gasteiger partial charge on any atom is 0.118 e. The minimum absolute atomic E-state index is 0.864. The van der Waals surface area contributed by atoms with Crippen molar-refractivity contribution >= 4 is 41.4 Å². The van der Waals surface area contributed by atoms with Crippen LogP contribution < -0.4 is 9.64 Å². The predicted octanol–water partition coefficient (Wildman–Crippen LogP) is 10.1. The maximum absolute atomic E-state index is 5.26. The second kappa shape index (κ2) is 12.1. The summed E-state index contributed by atoms with van der Waals surface area (Å²) in [5.74, 6) is 0.864. The van der Waals surface area contributed by atoms with E-state index in [1.165, 1.54) is 22.3 Å². The highest BCUT2D eigenvalue weighted by Crippen LogP contribution is 2.35. The van der Waals surface area contributed by atoms with Crippen molar-refractivity contribution in [2.24, 2.45) is 0 Å². The Bertz CT molecular complexity index is 1540. The van der Waals surface area contributed by atoms with Crippen LogP contribution in [-0.2, 0) is 0 Å². The summed E-state index contributed by atoms with van der Waals surface area (Å²) in [6.07, 6.45) is 8.57. The first-order valence-electron chi connectivity index (χ1n) is 13.2. The molecule has 5 aromatic rings. The molecule has 0 spiro atoms. The van der Waals surface area contributed by atoms with E-state index in [-0.39, 0.29) is 0 Å². The molecule has 2 heteroatoms. The molecule has 192 valence electrons. The molecule has 0 atom stereocenters. The largest absolute Gasteiger partial charge is 0.497 e. The van der Waals surface area contributed by atoms with Crippen LogP contribution in [0, 0.1) is 13.8 Å². The molecular weight excluding hydrogens is 474 g/mol. The van der Waals surface area contributed by atoms with Crippen LogP contribution in [0.5, 0.6) is 5.75 Å². The van der Waals surface area contributed by atoms with E-state index in [0.717, 1.165) is 33.9 Å². The average molecular weight is 508 g/mol. The van der Waals surface area contributed by atoms with Crippen LogP contribution in [-0.4, -0.2) is 7.11 Å². The van der Waals surface area contributed by atoms with E-state index in [4.69, 9.17) is 4.74 Å². The quantitative estimate of drug-likeness (QED) is 0.194. The van der Waals surface area contributed by atoms with Crippen LogP contribution >= 0.6 is 0 Å². The number of benzene rings is 5. The van der Waals surface area contributed by atoms with Crippen molar-refractivity contribution in [2.75, 3.05) is 12.0 Å². The summed E-state index contributed by atoms with van der Waals surface area (Å²) < 4.78 is 5.26. The lowest BCUT2D eigenvalue weighted by Crippen LogP contribution is -2.09. The molecule has 0 amide bonds. The van der Waals surface area contributed by atoms with Gasteiger partial charge in [0.2, 0.25) is 0 Å². The van der Waals surface area contributed by atoms with Crippen molar-refractivity contribution in [3.05, 3.63) is 155 Å². The Morgan fingerprint density at radius 2 is 0.692 bits per heavy atom. The summed E-state index contributed by atoms with van der Waals surface area (Å²) in [6, 6.07) is 42.7.